The van der Waals surface area contributed by atoms with Crippen LogP contribution < -0.4 is 5.32 Å². The molecule has 2 aromatic heterocycles. The number of aromatic nitrogens is 2. The van der Waals surface area contributed by atoms with Crippen molar-refractivity contribution in [1.29, 1.82) is 0 Å². The molecule has 0 aliphatic rings. The summed E-state index contributed by atoms with van der Waals surface area (Å²) in [5.74, 6) is -0.270. The predicted octanol–water partition coefficient (Wildman–Crippen LogP) is 5.86. The summed E-state index contributed by atoms with van der Waals surface area (Å²) in [6.45, 7) is 0. The Morgan fingerprint density at radius 2 is 1.70 bits per heavy atom. The second-order valence-electron chi connectivity index (χ2n) is 5.89. The van der Waals surface area contributed by atoms with E-state index < -0.39 is 0 Å². The lowest BCUT2D eigenvalue weighted by atomic mass is 10.0. The lowest BCUT2D eigenvalue weighted by molar-refractivity contribution is 0.102. The first kappa shape index (κ1) is 17.5. The van der Waals surface area contributed by atoms with Gasteiger partial charge < -0.3 is 5.32 Å². The van der Waals surface area contributed by atoms with Crippen LogP contribution in [0.2, 0.25) is 10.0 Å². The highest BCUT2D eigenvalue weighted by atomic mass is 35.5. The van der Waals surface area contributed by atoms with E-state index in [1.54, 1.807) is 36.7 Å². The summed E-state index contributed by atoms with van der Waals surface area (Å²) in [4.78, 5) is 21.7. The Bertz CT molecular complexity index is 1150. The first-order valence-corrected chi connectivity index (χ1v) is 8.94. The zero-order valence-electron chi connectivity index (χ0n) is 14.0. The van der Waals surface area contributed by atoms with E-state index in [0.29, 0.717) is 27.0 Å². The molecule has 0 radical (unpaired) electrons. The van der Waals surface area contributed by atoms with Crippen LogP contribution in [0.3, 0.4) is 0 Å². The van der Waals surface area contributed by atoms with Gasteiger partial charge in [0.15, 0.2) is 0 Å². The fourth-order valence-corrected chi connectivity index (χ4v) is 3.27. The minimum atomic E-state index is -0.270. The van der Waals surface area contributed by atoms with Gasteiger partial charge in [0, 0.05) is 28.4 Å². The van der Waals surface area contributed by atoms with E-state index in [0.717, 1.165) is 16.5 Å². The molecule has 0 saturated carbocycles. The Morgan fingerprint density at radius 3 is 2.48 bits per heavy atom. The minimum absolute atomic E-state index is 0.270. The molecule has 0 saturated heterocycles. The van der Waals surface area contributed by atoms with Crippen LogP contribution >= 0.6 is 23.2 Å². The van der Waals surface area contributed by atoms with Gasteiger partial charge in [-0.1, -0.05) is 41.4 Å². The molecule has 0 unspecified atom stereocenters. The molecule has 27 heavy (non-hydrogen) atoms. The lowest BCUT2D eigenvalue weighted by Crippen LogP contribution is -2.13. The molecule has 1 amide bonds. The van der Waals surface area contributed by atoms with Gasteiger partial charge in [-0.3, -0.25) is 9.78 Å². The van der Waals surface area contributed by atoms with Gasteiger partial charge >= 0.3 is 0 Å². The first-order valence-electron chi connectivity index (χ1n) is 8.18. The van der Waals surface area contributed by atoms with Crippen molar-refractivity contribution in [2.45, 2.75) is 0 Å². The maximum Gasteiger partial charge on any atom is 0.256 e. The average molecular weight is 394 g/mol. The standard InChI is InChI=1S/C21H13Cl2N3O/c22-14-5-6-19(17(23)11-14)26-21(27)16-12-20(13-7-9-24-10-8-13)25-18-4-2-1-3-15(16)18/h1-12H,(H,26,27). The third-order valence-electron chi connectivity index (χ3n) is 4.12. The Balaban J connectivity index is 1.81. The summed E-state index contributed by atoms with van der Waals surface area (Å²) in [7, 11) is 0. The molecule has 2 heterocycles. The normalized spacial score (nSPS) is 10.7. The molecule has 4 nitrogen and oxygen atoms in total. The maximum atomic E-state index is 13.0. The van der Waals surface area contributed by atoms with Gasteiger partial charge in [-0.05, 0) is 42.5 Å². The second-order valence-corrected chi connectivity index (χ2v) is 6.73. The third kappa shape index (κ3) is 3.63. The Kier molecular flexibility index (Phi) is 4.75. The van der Waals surface area contributed by atoms with Crippen LogP contribution in [0.5, 0.6) is 0 Å². The van der Waals surface area contributed by atoms with E-state index in [1.807, 2.05) is 36.4 Å². The summed E-state index contributed by atoms with van der Waals surface area (Å²) in [6.07, 6.45) is 3.39. The van der Waals surface area contributed by atoms with E-state index in [1.165, 1.54) is 0 Å². The van der Waals surface area contributed by atoms with E-state index >= 15 is 0 Å². The van der Waals surface area contributed by atoms with Gasteiger partial charge in [0.25, 0.3) is 5.91 Å². The highest BCUT2D eigenvalue weighted by Crippen LogP contribution is 2.28. The van der Waals surface area contributed by atoms with Crippen molar-refractivity contribution in [3.63, 3.8) is 0 Å². The van der Waals surface area contributed by atoms with E-state index in [2.05, 4.69) is 15.3 Å². The highest BCUT2D eigenvalue weighted by molar-refractivity contribution is 6.37. The topological polar surface area (TPSA) is 54.9 Å². The number of hydrogen-bond donors (Lipinski definition) is 1. The molecular formula is C21H13Cl2N3O. The van der Waals surface area contributed by atoms with Gasteiger partial charge in [0.2, 0.25) is 0 Å². The molecule has 132 valence electrons. The predicted molar refractivity (Wildman–Crippen MR) is 109 cm³/mol. The highest BCUT2D eigenvalue weighted by Gasteiger charge is 2.15. The first-order chi connectivity index (χ1) is 13.1. The fraction of sp³-hybridized carbons (Fsp3) is 0. The zero-order chi connectivity index (χ0) is 18.8. The number of rotatable bonds is 3. The van der Waals surface area contributed by atoms with Gasteiger partial charge in [-0.15, -0.1) is 0 Å². The number of halogens is 2. The van der Waals surface area contributed by atoms with Crippen LogP contribution in [0.1, 0.15) is 10.4 Å². The van der Waals surface area contributed by atoms with Crippen molar-refractivity contribution in [1.82, 2.24) is 9.97 Å². The average Bonchev–Trinajstić information content (AvgIpc) is 2.70. The number of amides is 1. The molecule has 0 aliphatic carbocycles. The van der Waals surface area contributed by atoms with E-state index in [-0.39, 0.29) is 5.91 Å². The summed E-state index contributed by atoms with van der Waals surface area (Å²) < 4.78 is 0. The molecule has 0 bridgehead atoms. The maximum absolute atomic E-state index is 13.0. The van der Waals surface area contributed by atoms with Gasteiger partial charge in [0.05, 0.1) is 27.5 Å². The summed E-state index contributed by atoms with van der Waals surface area (Å²) in [5.41, 5.74) is 3.33. The van der Waals surface area contributed by atoms with Crippen LogP contribution in [0, 0.1) is 0 Å². The molecular weight excluding hydrogens is 381 g/mol. The number of hydrogen-bond acceptors (Lipinski definition) is 3. The quantitative estimate of drug-likeness (QED) is 0.474. The van der Waals surface area contributed by atoms with Gasteiger partial charge in [0.1, 0.15) is 0 Å². The molecule has 4 aromatic rings. The Labute approximate surface area is 165 Å². The number of anilines is 1. The molecule has 1 N–H and O–H groups in total. The number of nitrogens with one attached hydrogen (secondary N) is 1. The van der Waals surface area contributed by atoms with Crippen molar-refractivity contribution >= 4 is 45.7 Å². The minimum Gasteiger partial charge on any atom is -0.321 e. The van der Waals surface area contributed by atoms with Crippen molar-refractivity contribution < 1.29 is 4.79 Å². The monoisotopic (exact) mass is 393 g/mol. The van der Waals surface area contributed by atoms with Crippen LogP contribution in [-0.2, 0) is 0 Å². The van der Waals surface area contributed by atoms with Crippen LogP contribution in [-0.4, -0.2) is 15.9 Å². The second kappa shape index (κ2) is 7.35. The van der Waals surface area contributed by atoms with E-state index in [4.69, 9.17) is 23.2 Å². The Hall–Kier alpha value is -2.95. The number of para-hydroxylation sites is 1. The smallest absolute Gasteiger partial charge is 0.256 e. The van der Waals surface area contributed by atoms with Crippen molar-refractivity contribution in [2.75, 3.05) is 5.32 Å². The fourth-order valence-electron chi connectivity index (χ4n) is 2.81. The molecule has 4 rings (SSSR count). The van der Waals surface area contributed by atoms with E-state index in [9.17, 15) is 4.79 Å². The SMILES string of the molecule is O=C(Nc1ccc(Cl)cc1Cl)c1cc(-c2ccncc2)nc2ccccc12. The van der Waals surface area contributed by atoms with Crippen LogP contribution in [0.4, 0.5) is 5.69 Å². The number of benzene rings is 2. The number of carbonyl (C=O) groups excluding carboxylic acids is 1. The summed E-state index contributed by atoms with van der Waals surface area (Å²) in [6, 6.07) is 18.0. The van der Waals surface area contributed by atoms with Gasteiger partial charge in [-0.25, -0.2) is 4.98 Å². The van der Waals surface area contributed by atoms with Gasteiger partial charge in [-0.2, -0.15) is 0 Å². The van der Waals surface area contributed by atoms with Crippen LogP contribution in [0.25, 0.3) is 22.2 Å². The Morgan fingerprint density at radius 1 is 0.926 bits per heavy atom. The lowest BCUT2D eigenvalue weighted by Gasteiger charge is -2.11. The largest absolute Gasteiger partial charge is 0.321 e. The molecule has 0 aliphatic heterocycles. The summed E-state index contributed by atoms with van der Waals surface area (Å²) in [5, 5.41) is 4.50. The molecule has 0 spiro atoms. The number of pyridine rings is 2. The van der Waals surface area contributed by atoms with Crippen molar-refractivity contribution in [3.8, 4) is 11.3 Å². The number of carbonyl (C=O) groups is 1. The van der Waals surface area contributed by atoms with Crippen molar-refractivity contribution in [2.24, 2.45) is 0 Å². The molecule has 2 aromatic carbocycles. The summed E-state index contributed by atoms with van der Waals surface area (Å²) >= 11 is 12.1. The zero-order valence-corrected chi connectivity index (χ0v) is 15.5. The number of fused-ring (bicyclic) bond motifs is 1. The molecule has 0 atom stereocenters. The van der Waals surface area contributed by atoms with Crippen molar-refractivity contribution in [3.05, 3.63) is 88.7 Å². The molecule has 0 fully saturated rings. The molecule has 6 heteroatoms. The van der Waals surface area contributed by atoms with Crippen LogP contribution in [0.15, 0.2) is 73.1 Å². The third-order valence-corrected chi connectivity index (χ3v) is 4.66. The number of nitrogens with zero attached hydrogens (tertiary/aromatic N) is 2.